The molecule has 2 aromatic rings. The second-order valence-corrected chi connectivity index (χ2v) is 9.42. The molecule has 0 N–H and O–H groups in total. The predicted octanol–water partition coefficient (Wildman–Crippen LogP) is 4.69. The molecule has 1 fully saturated rings. The zero-order valence-corrected chi connectivity index (χ0v) is 18.5. The SMILES string of the molecule is Cc1ccc(C2C3=C(OC4CC(C)C(C)CC4C3=O)C(=O)N2c2cccc(C)n2)cc1. The van der Waals surface area contributed by atoms with E-state index in [-0.39, 0.29) is 29.5 Å². The first-order valence-corrected chi connectivity index (χ1v) is 11.1. The fraction of sp³-hybridized carbons (Fsp3) is 0.423. The van der Waals surface area contributed by atoms with Gasteiger partial charge in [0.2, 0.25) is 0 Å². The number of nitrogens with zero attached hydrogens (tertiary/aromatic N) is 2. The van der Waals surface area contributed by atoms with Crippen LogP contribution in [0.15, 0.2) is 53.8 Å². The first-order chi connectivity index (χ1) is 14.8. The molecule has 31 heavy (non-hydrogen) atoms. The summed E-state index contributed by atoms with van der Waals surface area (Å²) in [5.74, 6) is 1.32. The van der Waals surface area contributed by atoms with Gasteiger partial charge in [0, 0.05) is 5.69 Å². The van der Waals surface area contributed by atoms with E-state index in [2.05, 4.69) is 18.8 Å². The van der Waals surface area contributed by atoms with Crippen LogP contribution in [-0.2, 0) is 14.3 Å². The fourth-order valence-corrected chi connectivity index (χ4v) is 5.22. The number of hydrogen-bond acceptors (Lipinski definition) is 4. The molecule has 0 radical (unpaired) electrons. The van der Waals surface area contributed by atoms with Crippen LogP contribution in [0.5, 0.6) is 0 Å². The molecule has 1 aromatic carbocycles. The smallest absolute Gasteiger partial charge is 0.295 e. The number of carbonyl (C=O) groups is 2. The van der Waals surface area contributed by atoms with Crippen molar-refractivity contribution < 1.29 is 14.3 Å². The maximum Gasteiger partial charge on any atom is 0.295 e. The molecule has 0 spiro atoms. The Bertz CT molecular complexity index is 1090. The number of fused-ring (bicyclic) bond motifs is 1. The number of pyridine rings is 1. The minimum absolute atomic E-state index is 0.0686. The molecular weight excluding hydrogens is 388 g/mol. The second kappa shape index (κ2) is 7.33. The first kappa shape index (κ1) is 20.0. The standard InChI is InChI=1S/C26H28N2O3/c1-14-8-10-18(11-9-14)23-22-24(29)19-12-15(2)16(3)13-20(19)31-25(22)26(30)28(23)21-7-5-6-17(4)27-21/h5-11,15-16,19-20,23H,12-13H2,1-4H3. The lowest BCUT2D eigenvalue weighted by Crippen LogP contribution is -2.43. The van der Waals surface area contributed by atoms with Gasteiger partial charge in [0.15, 0.2) is 11.5 Å². The average Bonchev–Trinajstić information content (AvgIpc) is 3.03. The van der Waals surface area contributed by atoms with Gasteiger partial charge in [-0.25, -0.2) is 4.98 Å². The van der Waals surface area contributed by atoms with Gasteiger partial charge in [0.25, 0.3) is 5.91 Å². The molecule has 3 heterocycles. The zero-order chi connectivity index (χ0) is 21.9. The molecule has 2 aliphatic heterocycles. The Morgan fingerprint density at radius 2 is 1.68 bits per heavy atom. The van der Waals surface area contributed by atoms with Crippen molar-refractivity contribution in [3.8, 4) is 0 Å². The van der Waals surface area contributed by atoms with E-state index in [0.717, 1.165) is 29.7 Å². The average molecular weight is 417 g/mol. The number of Topliss-reactive ketones (excluding diaryl/α,β-unsaturated/α-hetero) is 1. The molecule has 5 rings (SSSR count). The Labute approximate surface area is 183 Å². The van der Waals surface area contributed by atoms with Crippen LogP contribution in [-0.4, -0.2) is 22.8 Å². The summed E-state index contributed by atoms with van der Waals surface area (Å²) in [5.41, 5.74) is 3.35. The quantitative estimate of drug-likeness (QED) is 0.713. The Kier molecular flexibility index (Phi) is 4.72. The highest BCUT2D eigenvalue weighted by Gasteiger charge is 2.54. The highest BCUT2D eigenvalue weighted by Crippen LogP contribution is 2.49. The second-order valence-electron chi connectivity index (χ2n) is 9.42. The van der Waals surface area contributed by atoms with E-state index in [4.69, 9.17) is 4.74 Å². The highest BCUT2D eigenvalue weighted by atomic mass is 16.5. The Hall–Kier alpha value is -2.95. The molecule has 1 saturated carbocycles. The number of anilines is 1. The number of aromatic nitrogens is 1. The number of rotatable bonds is 2. The molecule has 3 aliphatic rings. The monoisotopic (exact) mass is 416 g/mol. The minimum Gasteiger partial charge on any atom is -0.483 e. The van der Waals surface area contributed by atoms with Crippen LogP contribution >= 0.6 is 0 Å². The molecule has 0 bridgehead atoms. The molecule has 160 valence electrons. The Balaban J connectivity index is 1.64. The molecule has 1 aromatic heterocycles. The summed E-state index contributed by atoms with van der Waals surface area (Å²) >= 11 is 0. The van der Waals surface area contributed by atoms with Crippen molar-refractivity contribution in [2.45, 2.75) is 52.7 Å². The van der Waals surface area contributed by atoms with Crippen LogP contribution in [0, 0.1) is 31.6 Å². The molecule has 5 nitrogen and oxygen atoms in total. The predicted molar refractivity (Wildman–Crippen MR) is 118 cm³/mol. The summed E-state index contributed by atoms with van der Waals surface area (Å²) in [7, 11) is 0. The number of benzene rings is 1. The molecule has 5 atom stereocenters. The molecule has 5 unspecified atom stereocenters. The number of aryl methyl sites for hydroxylation is 2. The van der Waals surface area contributed by atoms with Gasteiger partial charge in [-0.1, -0.05) is 49.7 Å². The number of ketones is 1. The number of hydrogen-bond donors (Lipinski definition) is 0. The van der Waals surface area contributed by atoms with Gasteiger partial charge in [0.05, 0.1) is 17.5 Å². The third kappa shape index (κ3) is 3.18. The topological polar surface area (TPSA) is 59.5 Å². The van der Waals surface area contributed by atoms with Gasteiger partial charge < -0.3 is 4.74 Å². The summed E-state index contributed by atoms with van der Waals surface area (Å²) in [5, 5.41) is 0. The van der Waals surface area contributed by atoms with Gasteiger partial charge in [-0.2, -0.15) is 0 Å². The lowest BCUT2D eigenvalue weighted by molar-refractivity contribution is -0.134. The summed E-state index contributed by atoms with van der Waals surface area (Å²) in [4.78, 5) is 33.7. The van der Waals surface area contributed by atoms with E-state index in [1.807, 2.05) is 56.3 Å². The molecule has 0 saturated heterocycles. The molecule has 5 heteroatoms. The van der Waals surface area contributed by atoms with Gasteiger partial charge in [0.1, 0.15) is 11.9 Å². The van der Waals surface area contributed by atoms with Crippen LogP contribution in [0.1, 0.15) is 49.6 Å². The maximum atomic E-state index is 13.8. The van der Waals surface area contributed by atoms with E-state index in [0.29, 0.717) is 23.2 Å². The molecule has 1 amide bonds. The first-order valence-electron chi connectivity index (χ1n) is 11.1. The van der Waals surface area contributed by atoms with E-state index < -0.39 is 6.04 Å². The van der Waals surface area contributed by atoms with Crippen LogP contribution in [0.2, 0.25) is 0 Å². The Morgan fingerprint density at radius 3 is 2.39 bits per heavy atom. The third-order valence-electron chi connectivity index (χ3n) is 7.22. The molecule has 1 aliphatic carbocycles. The summed E-state index contributed by atoms with van der Waals surface area (Å²) in [6.07, 6.45) is 1.39. The van der Waals surface area contributed by atoms with Crippen LogP contribution in [0.4, 0.5) is 5.82 Å². The van der Waals surface area contributed by atoms with Crippen molar-refractivity contribution in [3.63, 3.8) is 0 Å². The Morgan fingerprint density at radius 1 is 0.968 bits per heavy atom. The minimum atomic E-state index is -0.513. The van der Waals surface area contributed by atoms with Crippen molar-refractivity contribution in [3.05, 3.63) is 70.6 Å². The summed E-state index contributed by atoms with van der Waals surface area (Å²) in [6, 6.07) is 13.1. The number of carbonyl (C=O) groups excluding carboxylic acids is 2. The van der Waals surface area contributed by atoms with Crippen molar-refractivity contribution >= 4 is 17.5 Å². The van der Waals surface area contributed by atoms with Crippen LogP contribution < -0.4 is 4.90 Å². The van der Waals surface area contributed by atoms with Crippen molar-refractivity contribution in [2.75, 3.05) is 4.90 Å². The largest absolute Gasteiger partial charge is 0.483 e. The van der Waals surface area contributed by atoms with Gasteiger partial charge >= 0.3 is 0 Å². The molecular formula is C26H28N2O3. The highest BCUT2D eigenvalue weighted by molar-refractivity contribution is 6.17. The summed E-state index contributed by atoms with van der Waals surface area (Å²) in [6.45, 7) is 8.33. The van der Waals surface area contributed by atoms with E-state index in [1.54, 1.807) is 4.90 Å². The van der Waals surface area contributed by atoms with Crippen LogP contribution in [0.3, 0.4) is 0 Å². The van der Waals surface area contributed by atoms with E-state index in [9.17, 15) is 9.59 Å². The summed E-state index contributed by atoms with van der Waals surface area (Å²) < 4.78 is 6.31. The number of amides is 1. The third-order valence-corrected chi connectivity index (χ3v) is 7.22. The fourth-order valence-electron chi connectivity index (χ4n) is 5.22. The number of ether oxygens (including phenoxy) is 1. The van der Waals surface area contributed by atoms with Gasteiger partial charge in [-0.3, -0.25) is 14.5 Å². The van der Waals surface area contributed by atoms with Crippen LogP contribution in [0.25, 0.3) is 0 Å². The lowest BCUT2D eigenvalue weighted by Gasteiger charge is -2.40. The van der Waals surface area contributed by atoms with Gasteiger partial charge in [-0.05, 0) is 56.2 Å². The van der Waals surface area contributed by atoms with Crippen molar-refractivity contribution in [1.82, 2.24) is 4.98 Å². The van der Waals surface area contributed by atoms with E-state index >= 15 is 0 Å². The lowest BCUT2D eigenvalue weighted by atomic mass is 9.70. The van der Waals surface area contributed by atoms with Crippen molar-refractivity contribution in [2.24, 2.45) is 17.8 Å². The maximum absolute atomic E-state index is 13.8. The van der Waals surface area contributed by atoms with Gasteiger partial charge in [-0.15, -0.1) is 0 Å². The zero-order valence-electron chi connectivity index (χ0n) is 18.5. The van der Waals surface area contributed by atoms with Crippen molar-refractivity contribution in [1.29, 1.82) is 0 Å². The van der Waals surface area contributed by atoms with E-state index in [1.165, 1.54) is 0 Å². The normalized spacial score (nSPS) is 30.2.